The fourth-order valence-corrected chi connectivity index (χ4v) is 1.47. The predicted octanol–water partition coefficient (Wildman–Crippen LogP) is 2.81. The summed E-state index contributed by atoms with van der Waals surface area (Å²) in [6, 6.07) is 0. The summed E-state index contributed by atoms with van der Waals surface area (Å²) < 4.78 is 0. The van der Waals surface area contributed by atoms with Crippen LogP contribution in [0.5, 0.6) is 0 Å². The van der Waals surface area contributed by atoms with Gasteiger partial charge in [-0.1, -0.05) is 27.2 Å². The number of hydrogen-bond donors (Lipinski definition) is 1. The van der Waals surface area contributed by atoms with Gasteiger partial charge >= 0.3 is 0 Å². The van der Waals surface area contributed by atoms with Crippen LogP contribution in [0.4, 0.5) is 0 Å². The third kappa shape index (κ3) is 4.10. The molecule has 0 aliphatic heterocycles. The van der Waals surface area contributed by atoms with Crippen LogP contribution in [-0.4, -0.2) is 13.1 Å². The van der Waals surface area contributed by atoms with Gasteiger partial charge in [0.15, 0.2) is 0 Å². The van der Waals surface area contributed by atoms with Crippen molar-refractivity contribution in [2.45, 2.75) is 46.5 Å². The molecule has 0 radical (unpaired) electrons. The Morgan fingerprint density at radius 3 is 2.33 bits per heavy atom. The normalized spacial score (nSPS) is 19.2. The van der Waals surface area contributed by atoms with Crippen LogP contribution in [0.25, 0.3) is 0 Å². The van der Waals surface area contributed by atoms with Crippen LogP contribution in [0.15, 0.2) is 0 Å². The lowest BCUT2D eigenvalue weighted by Crippen LogP contribution is -2.29. The van der Waals surface area contributed by atoms with Crippen molar-refractivity contribution in [2.24, 2.45) is 11.3 Å². The lowest BCUT2D eigenvalue weighted by atomic mass is 9.85. The van der Waals surface area contributed by atoms with Gasteiger partial charge in [0.25, 0.3) is 0 Å². The van der Waals surface area contributed by atoms with Crippen LogP contribution >= 0.6 is 0 Å². The van der Waals surface area contributed by atoms with E-state index in [1.165, 1.54) is 38.8 Å². The maximum Gasteiger partial charge on any atom is -0.00205 e. The molecule has 0 spiro atoms. The van der Waals surface area contributed by atoms with E-state index in [0.717, 1.165) is 5.92 Å². The Morgan fingerprint density at radius 2 is 1.92 bits per heavy atom. The molecule has 0 bridgehead atoms. The second kappa shape index (κ2) is 4.27. The van der Waals surface area contributed by atoms with E-state index >= 15 is 0 Å². The zero-order chi connectivity index (χ0) is 9.03. The average Bonchev–Trinajstić information content (AvgIpc) is 1.80. The molecule has 1 heteroatoms. The summed E-state index contributed by atoms with van der Waals surface area (Å²) in [4.78, 5) is 0. The van der Waals surface area contributed by atoms with E-state index in [2.05, 4.69) is 26.1 Å². The maximum atomic E-state index is 3.54. The number of hydrogen-bond acceptors (Lipinski definition) is 1. The third-order valence-corrected chi connectivity index (χ3v) is 2.71. The smallest absolute Gasteiger partial charge is 0.00205 e. The fraction of sp³-hybridized carbons (Fsp3) is 1.00. The largest absolute Gasteiger partial charge is 0.316 e. The summed E-state index contributed by atoms with van der Waals surface area (Å²) in [5.74, 6) is 1.00. The van der Waals surface area contributed by atoms with Crippen LogP contribution in [0.1, 0.15) is 46.5 Å². The molecule has 0 unspecified atom stereocenters. The highest BCUT2D eigenvalue weighted by molar-refractivity contribution is 4.72. The van der Waals surface area contributed by atoms with Gasteiger partial charge in [-0.05, 0) is 43.7 Å². The van der Waals surface area contributed by atoms with E-state index in [1.54, 1.807) is 0 Å². The molecule has 0 atom stereocenters. The van der Waals surface area contributed by atoms with Gasteiger partial charge in [-0.2, -0.15) is 0 Å². The van der Waals surface area contributed by atoms with Gasteiger partial charge in [0.2, 0.25) is 0 Å². The molecule has 1 N–H and O–H groups in total. The molecule has 1 aliphatic carbocycles. The van der Waals surface area contributed by atoms with Crippen molar-refractivity contribution in [3.63, 3.8) is 0 Å². The van der Waals surface area contributed by atoms with Crippen molar-refractivity contribution < 1.29 is 0 Å². The summed E-state index contributed by atoms with van der Waals surface area (Å²) in [6.45, 7) is 9.37. The summed E-state index contributed by atoms with van der Waals surface area (Å²) in [7, 11) is 0. The summed E-state index contributed by atoms with van der Waals surface area (Å²) in [5, 5.41) is 3.54. The van der Waals surface area contributed by atoms with Gasteiger partial charge in [-0.15, -0.1) is 0 Å². The van der Waals surface area contributed by atoms with Gasteiger partial charge in [-0.25, -0.2) is 0 Å². The molecule has 1 saturated carbocycles. The molecule has 0 amide bonds. The molecule has 1 aliphatic rings. The van der Waals surface area contributed by atoms with E-state index in [-0.39, 0.29) is 0 Å². The van der Waals surface area contributed by atoms with Gasteiger partial charge in [0.05, 0.1) is 0 Å². The second-order valence-corrected chi connectivity index (χ2v) is 5.31. The highest BCUT2D eigenvalue weighted by atomic mass is 14.9. The molecule has 0 saturated heterocycles. The monoisotopic (exact) mass is 169 g/mol. The minimum atomic E-state index is 0.493. The Bertz CT molecular complexity index is 119. The molecule has 0 aromatic heterocycles. The van der Waals surface area contributed by atoms with E-state index in [9.17, 15) is 0 Å². The lowest BCUT2D eigenvalue weighted by molar-refractivity contribution is 0.290. The van der Waals surface area contributed by atoms with Crippen LogP contribution in [0, 0.1) is 11.3 Å². The highest BCUT2D eigenvalue weighted by Gasteiger charge is 2.16. The molecule has 1 nitrogen and oxygen atoms in total. The van der Waals surface area contributed by atoms with E-state index in [0.29, 0.717) is 5.41 Å². The first-order chi connectivity index (χ1) is 5.58. The average molecular weight is 169 g/mol. The SMILES string of the molecule is CC(C)(C)CCNCC1CCC1. The fourth-order valence-electron chi connectivity index (χ4n) is 1.47. The second-order valence-electron chi connectivity index (χ2n) is 5.31. The van der Waals surface area contributed by atoms with E-state index in [1.807, 2.05) is 0 Å². The Morgan fingerprint density at radius 1 is 1.25 bits per heavy atom. The first-order valence-electron chi connectivity index (χ1n) is 5.29. The van der Waals surface area contributed by atoms with Crippen LogP contribution in [-0.2, 0) is 0 Å². The minimum absolute atomic E-state index is 0.493. The zero-order valence-electron chi connectivity index (χ0n) is 8.82. The van der Waals surface area contributed by atoms with Crippen molar-refractivity contribution in [3.05, 3.63) is 0 Å². The Hall–Kier alpha value is -0.0400. The Labute approximate surface area is 76.9 Å². The first-order valence-corrected chi connectivity index (χ1v) is 5.29. The van der Waals surface area contributed by atoms with E-state index in [4.69, 9.17) is 0 Å². The maximum absolute atomic E-state index is 3.54. The van der Waals surface area contributed by atoms with Gasteiger partial charge in [-0.3, -0.25) is 0 Å². The van der Waals surface area contributed by atoms with Gasteiger partial charge in [0, 0.05) is 0 Å². The third-order valence-electron chi connectivity index (χ3n) is 2.71. The van der Waals surface area contributed by atoms with Crippen molar-refractivity contribution in [1.82, 2.24) is 5.32 Å². The molecule has 0 aromatic rings. The zero-order valence-corrected chi connectivity index (χ0v) is 8.82. The molecule has 0 aromatic carbocycles. The Kier molecular flexibility index (Phi) is 3.57. The van der Waals surface area contributed by atoms with Crippen molar-refractivity contribution in [3.8, 4) is 0 Å². The molecular weight excluding hydrogens is 146 g/mol. The number of nitrogens with one attached hydrogen (secondary N) is 1. The Balaban J connectivity index is 1.88. The summed E-state index contributed by atoms with van der Waals surface area (Å²) in [5.41, 5.74) is 0.493. The van der Waals surface area contributed by atoms with Crippen LogP contribution in [0.3, 0.4) is 0 Å². The molecular formula is C11H23N. The van der Waals surface area contributed by atoms with Crippen molar-refractivity contribution in [1.29, 1.82) is 0 Å². The quantitative estimate of drug-likeness (QED) is 0.638. The predicted molar refractivity (Wildman–Crippen MR) is 54.3 cm³/mol. The van der Waals surface area contributed by atoms with Crippen LogP contribution in [0.2, 0.25) is 0 Å². The van der Waals surface area contributed by atoms with Crippen LogP contribution < -0.4 is 5.32 Å². The topological polar surface area (TPSA) is 12.0 Å². The molecule has 0 heterocycles. The molecule has 1 rings (SSSR count). The summed E-state index contributed by atoms with van der Waals surface area (Å²) >= 11 is 0. The number of rotatable bonds is 4. The molecule has 1 fully saturated rings. The first kappa shape index (κ1) is 10.0. The standard InChI is InChI=1S/C11H23N/c1-11(2,3)7-8-12-9-10-5-4-6-10/h10,12H,4-9H2,1-3H3. The molecule has 72 valence electrons. The van der Waals surface area contributed by atoms with Crippen molar-refractivity contribution >= 4 is 0 Å². The minimum Gasteiger partial charge on any atom is -0.316 e. The molecule has 12 heavy (non-hydrogen) atoms. The van der Waals surface area contributed by atoms with Crippen molar-refractivity contribution in [2.75, 3.05) is 13.1 Å². The lowest BCUT2D eigenvalue weighted by Gasteiger charge is -2.26. The van der Waals surface area contributed by atoms with E-state index < -0.39 is 0 Å². The van der Waals surface area contributed by atoms with Gasteiger partial charge in [0.1, 0.15) is 0 Å². The summed E-state index contributed by atoms with van der Waals surface area (Å²) in [6.07, 6.45) is 5.68. The van der Waals surface area contributed by atoms with Gasteiger partial charge < -0.3 is 5.32 Å². The highest BCUT2D eigenvalue weighted by Crippen LogP contribution is 2.25.